The van der Waals surface area contributed by atoms with Gasteiger partial charge in [-0.2, -0.15) is 0 Å². The highest BCUT2D eigenvalue weighted by molar-refractivity contribution is 7.47. The van der Waals surface area contributed by atoms with Gasteiger partial charge >= 0.3 is 39.5 Å². The topological polar surface area (TPSA) is 237 Å². The molecule has 3 N–H and O–H groups in total. The monoisotopic (exact) mass is 1520 g/mol. The molecule has 618 valence electrons. The van der Waals surface area contributed by atoms with Gasteiger partial charge in [0, 0.05) is 25.7 Å². The van der Waals surface area contributed by atoms with Gasteiger partial charge in [-0.1, -0.05) is 407 Å². The molecule has 0 aliphatic heterocycles. The van der Waals surface area contributed by atoms with E-state index in [4.69, 9.17) is 37.0 Å². The van der Waals surface area contributed by atoms with Crippen LogP contribution >= 0.6 is 15.6 Å². The third-order valence-electron chi connectivity index (χ3n) is 20.0. The smallest absolute Gasteiger partial charge is 0.462 e. The van der Waals surface area contributed by atoms with Crippen LogP contribution in [0.3, 0.4) is 0 Å². The molecule has 2 unspecified atom stereocenters. The Bertz CT molecular complexity index is 1980. The normalized spacial score (nSPS) is 13.8. The van der Waals surface area contributed by atoms with Crippen LogP contribution in [-0.2, 0) is 65.4 Å². The van der Waals surface area contributed by atoms with Gasteiger partial charge in [-0.05, 0) is 31.6 Å². The van der Waals surface area contributed by atoms with E-state index in [-0.39, 0.29) is 25.7 Å². The predicted molar refractivity (Wildman–Crippen MR) is 428 cm³/mol. The summed E-state index contributed by atoms with van der Waals surface area (Å²) < 4.78 is 68.8. The van der Waals surface area contributed by atoms with Crippen LogP contribution < -0.4 is 0 Å². The fraction of sp³-hybridized carbons (Fsp3) is 0.953. The average molecular weight is 1520 g/mol. The van der Waals surface area contributed by atoms with Crippen LogP contribution in [0, 0.1) is 5.92 Å². The van der Waals surface area contributed by atoms with Gasteiger partial charge < -0.3 is 33.8 Å². The number of phosphoric ester groups is 2. The molecule has 0 amide bonds. The molecular formula is C85H166O17P2. The maximum absolute atomic E-state index is 13.1. The highest BCUT2D eigenvalue weighted by Gasteiger charge is 2.30. The first kappa shape index (κ1) is 102. The van der Waals surface area contributed by atoms with Crippen LogP contribution in [0.25, 0.3) is 0 Å². The maximum atomic E-state index is 13.1. The Morgan fingerprint density at radius 3 is 0.654 bits per heavy atom. The Balaban J connectivity index is 5.18. The predicted octanol–water partition coefficient (Wildman–Crippen LogP) is 26.0. The van der Waals surface area contributed by atoms with E-state index in [9.17, 15) is 43.2 Å². The molecule has 0 heterocycles. The Kier molecular flexibility index (Phi) is 76.3. The van der Waals surface area contributed by atoms with Crippen LogP contribution in [0.2, 0.25) is 0 Å². The summed E-state index contributed by atoms with van der Waals surface area (Å²) in [7, 11) is -9.92. The van der Waals surface area contributed by atoms with Crippen molar-refractivity contribution in [2.75, 3.05) is 39.6 Å². The number of aliphatic hydroxyl groups is 1. The molecule has 0 aromatic rings. The highest BCUT2D eigenvalue weighted by Crippen LogP contribution is 2.45. The maximum Gasteiger partial charge on any atom is 0.472 e. The minimum Gasteiger partial charge on any atom is -0.462 e. The Hall–Kier alpha value is -1.94. The second-order valence-corrected chi connectivity index (χ2v) is 34.0. The summed E-state index contributed by atoms with van der Waals surface area (Å²) in [5.41, 5.74) is 0. The van der Waals surface area contributed by atoms with Crippen molar-refractivity contribution in [3.8, 4) is 0 Å². The van der Waals surface area contributed by atoms with Crippen LogP contribution in [0.4, 0.5) is 0 Å². The van der Waals surface area contributed by atoms with E-state index in [0.29, 0.717) is 25.7 Å². The molecule has 19 heteroatoms. The van der Waals surface area contributed by atoms with Crippen molar-refractivity contribution >= 4 is 39.5 Å². The lowest BCUT2D eigenvalue weighted by molar-refractivity contribution is -0.161. The van der Waals surface area contributed by atoms with Crippen molar-refractivity contribution in [2.24, 2.45) is 5.92 Å². The summed E-state index contributed by atoms with van der Waals surface area (Å²) in [6.07, 6.45) is 71.0. The summed E-state index contributed by atoms with van der Waals surface area (Å²) in [6, 6.07) is 0. The molecule has 0 radical (unpaired) electrons. The minimum atomic E-state index is -4.96. The number of unbranched alkanes of at least 4 members (excludes halogenated alkanes) is 57. The molecule has 104 heavy (non-hydrogen) atoms. The van der Waals surface area contributed by atoms with E-state index in [1.54, 1.807) is 0 Å². The first-order valence-corrected chi connectivity index (χ1v) is 47.1. The van der Waals surface area contributed by atoms with Crippen molar-refractivity contribution in [3.63, 3.8) is 0 Å². The minimum absolute atomic E-state index is 0.108. The van der Waals surface area contributed by atoms with Gasteiger partial charge in [0.05, 0.1) is 26.4 Å². The first-order chi connectivity index (χ1) is 50.5. The Morgan fingerprint density at radius 1 is 0.260 bits per heavy atom. The van der Waals surface area contributed by atoms with Gasteiger partial charge in [-0.3, -0.25) is 37.3 Å². The van der Waals surface area contributed by atoms with Crippen molar-refractivity contribution in [3.05, 3.63) is 0 Å². The van der Waals surface area contributed by atoms with E-state index >= 15 is 0 Å². The molecule has 0 bridgehead atoms. The van der Waals surface area contributed by atoms with Gasteiger partial charge in [0.15, 0.2) is 12.2 Å². The third-order valence-corrected chi connectivity index (χ3v) is 21.9. The number of ether oxygens (including phenoxy) is 4. The molecule has 5 atom stereocenters. The average Bonchev–Trinajstić information content (AvgIpc) is 0.914. The summed E-state index contributed by atoms with van der Waals surface area (Å²) in [5, 5.41) is 10.7. The lowest BCUT2D eigenvalue weighted by Crippen LogP contribution is -2.30. The zero-order valence-electron chi connectivity index (χ0n) is 68.2. The standard InChI is InChI=1S/C85H166O17P2/c1-6-9-12-15-18-21-23-25-27-29-31-33-35-37-41-45-49-54-59-64-69-83(88)96-75-81(102-85(90)70-65-60-55-50-46-42-38-36-34-32-30-28-26-24-22-19-16-13-10-7-2)77-100-104(93,94)98-73-79(86)72-97-103(91,92)99-76-80(74-95-82(87)68-63-58-53-20-17-14-11-8-3)101-84(89)71-66-61-56-51-47-43-39-40-44-48-52-57-62-67-78(4)5/h78-81,86H,6-77H2,1-5H3,(H,91,92)(H,93,94)/t79-,80+,81+/m0/s1. The zero-order valence-corrected chi connectivity index (χ0v) is 70.0. The molecule has 0 aliphatic carbocycles. The molecule has 0 saturated carbocycles. The van der Waals surface area contributed by atoms with Gasteiger partial charge in [0.2, 0.25) is 0 Å². The number of aliphatic hydroxyl groups excluding tert-OH is 1. The number of carbonyl (C=O) groups excluding carboxylic acids is 4. The third kappa shape index (κ3) is 78.2. The number of carbonyl (C=O) groups is 4. The van der Waals surface area contributed by atoms with E-state index in [1.165, 1.54) is 276 Å². The van der Waals surface area contributed by atoms with E-state index in [1.807, 2.05) is 0 Å². The molecule has 0 aliphatic rings. The van der Waals surface area contributed by atoms with Crippen LogP contribution in [0.5, 0.6) is 0 Å². The molecule has 0 saturated heterocycles. The fourth-order valence-electron chi connectivity index (χ4n) is 13.3. The van der Waals surface area contributed by atoms with Gasteiger partial charge in [0.1, 0.15) is 19.3 Å². The SMILES string of the molecule is CCCCCCCCCCCCCCCCCCCCCCC(=O)OC[C@H](COP(=O)(O)OC[C@@H](O)COP(=O)(O)OC[C@@H](COC(=O)CCCCCCCCCC)OC(=O)CCCCCCCCCCCCCCCC(C)C)OC(=O)CCCCCCCCCCCCCCCCCCCCCC. The van der Waals surface area contributed by atoms with Crippen molar-refractivity contribution < 1.29 is 80.2 Å². The molecule has 0 rings (SSSR count). The van der Waals surface area contributed by atoms with E-state index in [2.05, 4.69) is 34.6 Å². The number of phosphoric acid groups is 2. The number of hydrogen-bond acceptors (Lipinski definition) is 15. The first-order valence-electron chi connectivity index (χ1n) is 44.1. The second kappa shape index (κ2) is 77.8. The molecule has 17 nitrogen and oxygen atoms in total. The highest BCUT2D eigenvalue weighted by atomic mass is 31.2. The molecule has 0 fully saturated rings. The van der Waals surface area contributed by atoms with Crippen LogP contribution in [-0.4, -0.2) is 96.7 Å². The summed E-state index contributed by atoms with van der Waals surface area (Å²) >= 11 is 0. The lowest BCUT2D eigenvalue weighted by atomic mass is 10.0. The van der Waals surface area contributed by atoms with Gasteiger partial charge in [-0.25, -0.2) is 9.13 Å². The number of hydrogen-bond donors (Lipinski definition) is 3. The fourth-order valence-corrected chi connectivity index (χ4v) is 14.9. The van der Waals surface area contributed by atoms with Crippen LogP contribution in [0.15, 0.2) is 0 Å². The van der Waals surface area contributed by atoms with Gasteiger partial charge in [-0.15, -0.1) is 0 Å². The summed E-state index contributed by atoms with van der Waals surface area (Å²) in [6.45, 7) is 7.34. The lowest BCUT2D eigenvalue weighted by Gasteiger charge is -2.21. The van der Waals surface area contributed by atoms with Crippen molar-refractivity contribution in [1.29, 1.82) is 0 Å². The Labute approximate surface area is 638 Å². The quantitative estimate of drug-likeness (QED) is 0.0222. The Morgan fingerprint density at radius 2 is 0.442 bits per heavy atom. The number of esters is 4. The summed E-state index contributed by atoms with van der Waals surface area (Å²) in [5.74, 6) is -1.32. The van der Waals surface area contributed by atoms with Crippen LogP contribution in [0.1, 0.15) is 458 Å². The largest absolute Gasteiger partial charge is 0.472 e. The molecular weight excluding hydrogens is 1350 g/mol. The number of rotatable bonds is 85. The van der Waals surface area contributed by atoms with E-state index < -0.39 is 97.5 Å². The zero-order chi connectivity index (χ0) is 76.2. The van der Waals surface area contributed by atoms with Gasteiger partial charge in [0.25, 0.3) is 0 Å². The molecule has 0 aromatic heterocycles. The second-order valence-electron chi connectivity index (χ2n) is 31.1. The summed E-state index contributed by atoms with van der Waals surface area (Å²) in [4.78, 5) is 73.1. The molecule has 0 spiro atoms. The van der Waals surface area contributed by atoms with Crippen molar-refractivity contribution in [2.45, 2.75) is 477 Å². The van der Waals surface area contributed by atoms with E-state index in [0.717, 1.165) is 102 Å². The van der Waals surface area contributed by atoms with Crippen molar-refractivity contribution in [1.82, 2.24) is 0 Å². The molecule has 0 aromatic carbocycles.